The normalized spacial score (nSPS) is 20.2. The third-order valence-electron chi connectivity index (χ3n) is 9.36. The standard InChI is InChI=1S/2C16H21.C2H4.2ClH.Hf/c2*1-10(2)13-8-14-6-12(5)7-16(14)15(9-13)11(3)4;1-2;;;/h2*6-11H,1-5H3;1-2H2;2*1H;/q;;;;;+2/p-2. The Labute approximate surface area is 243 Å². The molecular formula is C34H46Cl2Hf. The Bertz CT molecular complexity index is 1150. The van der Waals surface area contributed by atoms with Crippen LogP contribution in [0.5, 0.6) is 0 Å². The summed E-state index contributed by atoms with van der Waals surface area (Å²) >= 11 is -2.73. The smallest absolute Gasteiger partial charge is 1.00 e. The van der Waals surface area contributed by atoms with Crippen LogP contribution in [-0.2, 0) is 20.0 Å². The molecule has 1 saturated heterocycles. The zero-order chi connectivity index (χ0) is 25.4. The molecule has 2 atom stereocenters. The molecule has 0 amide bonds. The van der Waals surface area contributed by atoms with Crippen LogP contribution in [0.1, 0.15) is 145 Å². The van der Waals surface area contributed by atoms with E-state index in [4.69, 9.17) is 0 Å². The monoisotopic (exact) mass is 704 g/mol. The molecule has 2 aromatic carbocycles. The van der Waals surface area contributed by atoms with E-state index in [2.05, 4.69) is 106 Å². The van der Waals surface area contributed by atoms with Crippen LogP contribution in [0.2, 0.25) is 8.35 Å². The van der Waals surface area contributed by atoms with Crippen molar-refractivity contribution >= 4 is 12.2 Å². The van der Waals surface area contributed by atoms with Gasteiger partial charge in [-0.1, -0.05) is 0 Å². The first-order chi connectivity index (χ1) is 16.5. The summed E-state index contributed by atoms with van der Waals surface area (Å²) in [4.78, 5) is 0. The van der Waals surface area contributed by atoms with E-state index in [0.717, 1.165) is 7.35 Å². The van der Waals surface area contributed by atoms with Gasteiger partial charge in [0.25, 0.3) is 0 Å². The molecule has 0 nitrogen and oxygen atoms in total. The van der Waals surface area contributed by atoms with Crippen LogP contribution in [0.15, 0.2) is 35.4 Å². The second-order valence-electron chi connectivity index (χ2n) is 13.2. The van der Waals surface area contributed by atoms with E-state index in [-0.39, 0.29) is 24.8 Å². The van der Waals surface area contributed by atoms with Crippen molar-refractivity contribution in [3.63, 3.8) is 0 Å². The van der Waals surface area contributed by atoms with Gasteiger partial charge in [0.2, 0.25) is 0 Å². The average molecular weight is 704 g/mol. The molecule has 2 aliphatic carbocycles. The fraction of sp³-hybridized carbons (Fsp3) is 0.529. The Kier molecular flexibility index (Phi) is 9.27. The second-order valence-corrected chi connectivity index (χ2v) is 29.8. The maximum Gasteiger partial charge on any atom is -1.00 e. The van der Waals surface area contributed by atoms with Gasteiger partial charge in [0.15, 0.2) is 0 Å². The third-order valence-corrected chi connectivity index (χ3v) is 29.1. The minimum absolute atomic E-state index is 0. The molecule has 0 aromatic heterocycles. The molecule has 5 rings (SSSR count). The molecule has 0 bridgehead atoms. The summed E-state index contributed by atoms with van der Waals surface area (Å²) < 4.78 is 4.64. The maximum atomic E-state index is 2.64. The minimum Gasteiger partial charge on any atom is -1.00 e. The first kappa shape index (κ1) is 30.9. The van der Waals surface area contributed by atoms with Gasteiger partial charge in [-0.05, 0) is 0 Å². The summed E-state index contributed by atoms with van der Waals surface area (Å²) in [6.07, 6.45) is 5.22. The van der Waals surface area contributed by atoms with Gasteiger partial charge in [-0.15, -0.1) is 0 Å². The van der Waals surface area contributed by atoms with Gasteiger partial charge in [0, 0.05) is 0 Å². The van der Waals surface area contributed by atoms with Crippen molar-refractivity contribution in [1.82, 2.24) is 0 Å². The molecule has 200 valence electrons. The SMILES string of the molecule is CC1=Cc2c(C(C)C)cc(C(C)C)cc2[CH]1[Hf+2]1([CH]2C(C)=Cc3c(C(C)C)cc(C(C)C)cc32)[CH2][CH2]1.[Cl-].[Cl-]. The molecule has 37 heavy (non-hydrogen) atoms. The Balaban J connectivity index is 0.00000190. The van der Waals surface area contributed by atoms with E-state index in [1.54, 1.807) is 64.0 Å². The maximum absolute atomic E-state index is 2.73. The Hall–Kier alpha value is -0.630. The number of fused-ring (bicyclic) bond motifs is 2. The first-order valence-corrected chi connectivity index (χ1v) is 23.4. The summed E-state index contributed by atoms with van der Waals surface area (Å²) in [6, 6.07) is 10.3. The van der Waals surface area contributed by atoms with Crippen LogP contribution in [0, 0.1) is 0 Å². The Morgan fingerprint density at radius 3 is 1.19 bits per heavy atom. The number of hydrogen-bond donors (Lipinski definition) is 0. The summed E-state index contributed by atoms with van der Waals surface area (Å²) in [5.74, 6) is 2.32. The van der Waals surface area contributed by atoms with Crippen molar-refractivity contribution in [3.05, 3.63) is 79.9 Å². The third kappa shape index (κ3) is 5.04. The van der Waals surface area contributed by atoms with E-state index < -0.39 is 20.0 Å². The van der Waals surface area contributed by atoms with Crippen molar-refractivity contribution in [1.29, 1.82) is 0 Å². The zero-order valence-electron chi connectivity index (χ0n) is 24.6. The number of allylic oxidation sites excluding steroid dienone is 2. The van der Waals surface area contributed by atoms with Gasteiger partial charge in [0.05, 0.1) is 0 Å². The van der Waals surface area contributed by atoms with Crippen molar-refractivity contribution in [2.75, 3.05) is 0 Å². The quantitative estimate of drug-likeness (QED) is 0.380. The van der Waals surface area contributed by atoms with Crippen molar-refractivity contribution in [2.24, 2.45) is 0 Å². The molecule has 1 aliphatic heterocycles. The molecule has 3 heteroatoms. The van der Waals surface area contributed by atoms with Crippen LogP contribution < -0.4 is 24.8 Å². The number of halogens is 2. The number of rotatable bonds is 6. The van der Waals surface area contributed by atoms with Gasteiger partial charge in [-0.3, -0.25) is 0 Å². The Morgan fingerprint density at radius 2 is 0.919 bits per heavy atom. The molecule has 3 aliphatic rings. The molecular weight excluding hydrogens is 658 g/mol. The van der Waals surface area contributed by atoms with Gasteiger partial charge < -0.3 is 24.8 Å². The van der Waals surface area contributed by atoms with Gasteiger partial charge in [-0.25, -0.2) is 0 Å². The zero-order valence-corrected chi connectivity index (χ0v) is 29.7. The van der Waals surface area contributed by atoms with E-state index in [9.17, 15) is 0 Å². The fourth-order valence-electron chi connectivity index (χ4n) is 7.41. The summed E-state index contributed by atoms with van der Waals surface area (Å²) in [5, 5.41) is 0. The minimum atomic E-state index is -2.73. The van der Waals surface area contributed by atoms with E-state index in [0.29, 0.717) is 23.7 Å². The van der Waals surface area contributed by atoms with Crippen LogP contribution in [-0.4, -0.2) is 0 Å². The van der Waals surface area contributed by atoms with Crippen LogP contribution in [0.4, 0.5) is 0 Å². The van der Waals surface area contributed by atoms with E-state index >= 15 is 0 Å². The number of benzene rings is 2. The molecule has 2 unspecified atom stereocenters. The summed E-state index contributed by atoms with van der Waals surface area (Å²) in [6.45, 7) is 24.0. The van der Waals surface area contributed by atoms with Crippen LogP contribution in [0.25, 0.3) is 12.2 Å². The fourth-order valence-corrected chi connectivity index (χ4v) is 35.6. The van der Waals surface area contributed by atoms with Crippen molar-refractivity contribution in [3.8, 4) is 0 Å². The van der Waals surface area contributed by atoms with Gasteiger partial charge in [0.1, 0.15) is 0 Å². The molecule has 0 spiro atoms. The summed E-state index contributed by atoms with van der Waals surface area (Å²) in [5.41, 5.74) is 16.3. The molecule has 0 N–H and O–H groups in total. The topological polar surface area (TPSA) is 0 Å². The molecule has 1 heterocycles. The molecule has 2 aromatic rings. The number of hydrogen-bond acceptors (Lipinski definition) is 0. The second kappa shape index (κ2) is 11.1. The van der Waals surface area contributed by atoms with Crippen LogP contribution in [0.3, 0.4) is 0 Å². The van der Waals surface area contributed by atoms with Gasteiger partial charge in [-0.2, -0.15) is 0 Å². The predicted molar refractivity (Wildman–Crippen MR) is 152 cm³/mol. The van der Waals surface area contributed by atoms with Crippen molar-refractivity contribution < 1.29 is 44.8 Å². The Morgan fingerprint density at radius 1 is 0.568 bits per heavy atom. The first-order valence-electron chi connectivity index (χ1n) is 14.2. The van der Waals surface area contributed by atoms with E-state index in [1.807, 2.05) is 0 Å². The molecule has 0 radical (unpaired) electrons. The van der Waals surface area contributed by atoms with Crippen molar-refractivity contribution in [2.45, 2.75) is 109 Å². The van der Waals surface area contributed by atoms with Crippen LogP contribution >= 0.6 is 0 Å². The van der Waals surface area contributed by atoms with Gasteiger partial charge >= 0.3 is 221 Å². The molecule has 0 saturated carbocycles. The molecule has 1 fully saturated rings. The predicted octanol–water partition coefficient (Wildman–Crippen LogP) is 4.81. The summed E-state index contributed by atoms with van der Waals surface area (Å²) in [7, 11) is 0. The van der Waals surface area contributed by atoms with E-state index in [1.165, 1.54) is 0 Å². The average Bonchev–Trinajstić information content (AvgIpc) is 3.36. The largest absolute Gasteiger partial charge is 1.00 e.